The fraction of sp³-hybridized carbons (Fsp3) is 0.421. The Balaban J connectivity index is 0.00000156. The largest absolute Gasteiger partial charge is 0.398 e. The van der Waals surface area contributed by atoms with E-state index >= 15 is 0 Å². The molecule has 122 valence electrons. The summed E-state index contributed by atoms with van der Waals surface area (Å²) in [6.45, 7) is 4.49. The molecule has 0 fully saturated rings. The standard InChI is InChI=1S/C19H21FN2.ClH/c1-10(2)12-6-11-7-13(9-12)17-16(8-11)22-15-5-3-4-14(20)18(15)19(17)21;/h3-6,10-11,13H,7-9H2,1-2H3,(H2,21,22);1H. The smallest absolute Gasteiger partial charge is 0.134 e. The zero-order chi connectivity index (χ0) is 15.4. The Morgan fingerprint density at radius 1 is 1.26 bits per heavy atom. The molecule has 2 bridgehead atoms. The maximum Gasteiger partial charge on any atom is 0.134 e. The molecule has 2 N–H and O–H groups in total. The van der Waals surface area contributed by atoms with Crippen LogP contribution >= 0.6 is 12.4 Å². The average Bonchev–Trinajstić information content (AvgIpc) is 2.46. The van der Waals surface area contributed by atoms with Gasteiger partial charge in [-0.05, 0) is 49.1 Å². The fourth-order valence-corrected chi connectivity index (χ4v) is 4.19. The van der Waals surface area contributed by atoms with E-state index in [4.69, 9.17) is 10.7 Å². The summed E-state index contributed by atoms with van der Waals surface area (Å²) in [6, 6.07) is 5.03. The minimum absolute atomic E-state index is 0. The summed E-state index contributed by atoms with van der Waals surface area (Å²) in [6.07, 6.45) is 5.53. The Bertz CT molecular complexity index is 798. The zero-order valence-corrected chi connectivity index (χ0v) is 14.3. The van der Waals surface area contributed by atoms with E-state index < -0.39 is 0 Å². The first kappa shape index (κ1) is 16.3. The molecule has 2 nitrogen and oxygen atoms in total. The molecule has 23 heavy (non-hydrogen) atoms. The van der Waals surface area contributed by atoms with Gasteiger partial charge in [0.15, 0.2) is 0 Å². The van der Waals surface area contributed by atoms with Crippen LogP contribution in [0.25, 0.3) is 10.9 Å². The molecule has 0 amide bonds. The van der Waals surface area contributed by atoms with Gasteiger partial charge in [-0.1, -0.05) is 31.6 Å². The lowest BCUT2D eigenvalue weighted by Crippen LogP contribution is -2.25. The topological polar surface area (TPSA) is 38.9 Å². The summed E-state index contributed by atoms with van der Waals surface area (Å²) in [4.78, 5) is 4.74. The quantitative estimate of drug-likeness (QED) is 0.745. The first-order valence-corrected chi connectivity index (χ1v) is 8.11. The van der Waals surface area contributed by atoms with Gasteiger partial charge < -0.3 is 5.73 Å². The summed E-state index contributed by atoms with van der Waals surface area (Å²) in [5.41, 5.74) is 11.4. The van der Waals surface area contributed by atoms with Crippen LogP contribution in [0.3, 0.4) is 0 Å². The summed E-state index contributed by atoms with van der Waals surface area (Å²) in [7, 11) is 0. The van der Waals surface area contributed by atoms with Gasteiger partial charge in [0.1, 0.15) is 5.82 Å². The molecule has 4 rings (SSSR count). The summed E-state index contributed by atoms with van der Waals surface area (Å²) < 4.78 is 14.2. The van der Waals surface area contributed by atoms with Gasteiger partial charge in [-0.25, -0.2) is 4.39 Å². The number of rotatable bonds is 1. The van der Waals surface area contributed by atoms with Gasteiger partial charge in [0.25, 0.3) is 0 Å². The predicted octanol–water partition coefficient (Wildman–Crippen LogP) is 5.01. The van der Waals surface area contributed by atoms with Crippen LogP contribution in [0.2, 0.25) is 0 Å². The normalized spacial score (nSPS) is 22.5. The lowest BCUT2D eigenvalue weighted by atomic mass is 9.69. The highest BCUT2D eigenvalue weighted by Gasteiger charge is 2.34. The van der Waals surface area contributed by atoms with Gasteiger partial charge in [0.05, 0.1) is 10.9 Å². The molecule has 1 heterocycles. The lowest BCUT2D eigenvalue weighted by Gasteiger charge is -2.37. The van der Waals surface area contributed by atoms with Gasteiger partial charge in [0, 0.05) is 16.9 Å². The van der Waals surface area contributed by atoms with Crippen molar-refractivity contribution in [1.82, 2.24) is 4.98 Å². The molecule has 1 aromatic carbocycles. The number of nitrogen functional groups attached to an aromatic ring is 1. The highest BCUT2D eigenvalue weighted by molar-refractivity contribution is 5.93. The Labute approximate surface area is 142 Å². The van der Waals surface area contributed by atoms with E-state index in [-0.39, 0.29) is 18.2 Å². The molecule has 0 saturated heterocycles. The van der Waals surface area contributed by atoms with E-state index in [0.29, 0.717) is 34.3 Å². The maximum absolute atomic E-state index is 14.2. The molecule has 4 heteroatoms. The lowest BCUT2D eigenvalue weighted by molar-refractivity contribution is 0.417. The van der Waals surface area contributed by atoms with E-state index in [1.807, 2.05) is 6.07 Å². The number of nitrogens with two attached hydrogens (primary N) is 1. The van der Waals surface area contributed by atoms with E-state index in [9.17, 15) is 4.39 Å². The van der Waals surface area contributed by atoms with Crippen molar-refractivity contribution in [3.8, 4) is 0 Å². The molecule has 1 aromatic heterocycles. The number of hydrogen-bond donors (Lipinski definition) is 1. The Hall–Kier alpha value is -1.61. The third-order valence-electron chi connectivity index (χ3n) is 5.24. The van der Waals surface area contributed by atoms with Crippen LogP contribution in [-0.4, -0.2) is 4.98 Å². The van der Waals surface area contributed by atoms with E-state index in [2.05, 4.69) is 19.9 Å². The van der Waals surface area contributed by atoms with Crippen molar-refractivity contribution in [2.75, 3.05) is 5.73 Å². The molecule has 2 aliphatic carbocycles. The number of fused-ring (bicyclic) bond motifs is 5. The first-order chi connectivity index (χ1) is 10.5. The number of aromatic nitrogens is 1. The third kappa shape index (κ3) is 2.51. The van der Waals surface area contributed by atoms with Crippen molar-refractivity contribution < 1.29 is 4.39 Å². The van der Waals surface area contributed by atoms with Crippen molar-refractivity contribution in [3.05, 3.63) is 46.9 Å². The van der Waals surface area contributed by atoms with Crippen LogP contribution in [0, 0.1) is 17.7 Å². The van der Waals surface area contributed by atoms with Gasteiger partial charge in [0.2, 0.25) is 0 Å². The van der Waals surface area contributed by atoms with Crippen molar-refractivity contribution >= 4 is 29.0 Å². The summed E-state index contributed by atoms with van der Waals surface area (Å²) in [5.74, 6) is 1.26. The molecule has 2 aliphatic rings. The maximum atomic E-state index is 14.2. The highest BCUT2D eigenvalue weighted by Crippen LogP contribution is 2.47. The second kappa shape index (κ2) is 5.79. The van der Waals surface area contributed by atoms with Crippen LogP contribution in [0.5, 0.6) is 0 Å². The molecular weight excluding hydrogens is 311 g/mol. The van der Waals surface area contributed by atoms with Crippen LogP contribution in [0.1, 0.15) is 43.9 Å². The molecule has 0 spiro atoms. The van der Waals surface area contributed by atoms with Gasteiger partial charge in [-0.3, -0.25) is 4.98 Å². The molecule has 2 atom stereocenters. The number of hydrogen-bond acceptors (Lipinski definition) is 2. The highest BCUT2D eigenvalue weighted by atomic mass is 35.5. The number of benzene rings is 1. The van der Waals surface area contributed by atoms with Gasteiger partial charge in [-0.15, -0.1) is 12.4 Å². The number of pyridine rings is 1. The minimum Gasteiger partial charge on any atom is -0.398 e. The number of anilines is 1. The Morgan fingerprint density at radius 3 is 2.78 bits per heavy atom. The van der Waals surface area contributed by atoms with Gasteiger partial charge >= 0.3 is 0 Å². The minimum atomic E-state index is -0.261. The zero-order valence-electron chi connectivity index (χ0n) is 13.5. The molecule has 0 radical (unpaired) electrons. The average molecular weight is 333 g/mol. The third-order valence-corrected chi connectivity index (χ3v) is 5.24. The molecular formula is C19H22ClFN2. The van der Waals surface area contributed by atoms with Crippen molar-refractivity contribution in [2.45, 2.75) is 39.0 Å². The van der Waals surface area contributed by atoms with E-state index in [1.165, 1.54) is 11.6 Å². The fourth-order valence-electron chi connectivity index (χ4n) is 4.19. The number of allylic oxidation sites excluding steroid dienone is 2. The number of nitrogens with zero attached hydrogens (tertiary/aromatic N) is 1. The SMILES string of the molecule is CC(C)C1=CC2Cc3nc4cccc(F)c4c(N)c3C(C1)C2.Cl. The molecule has 2 aromatic rings. The van der Waals surface area contributed by atoms with Crippen LogP contribution < -0.4 is 5.73 Å². The monoisotopic (exact) mass is 332 g/mol. The van der Waals surface area contributed by atoms with Crippen molar-refractivity contribution in [3.63, 3.8) is 0 Å². The second-order valence-corrected chi connectivity index (χ2v) is 7.02. The first-order valence-electron chi connectivity index (χ1n) is 8.11. The molecule has 0 aliphatic heterocycles. The Morgan fingerprint density at radius 2 is 2.04 bits per heavy atom. The molecule has 0 saturated carbocycles. The summed E-state index contributed by atoms with van der Waals surface area (Å²) in [5, 5.41) is 0.500. The van der Waals surface area contributed by atoms with Crippen LogP contribution in [-0.2, 0) is 6.42 Å². The summed E-state index contributed by atoms with van der Waals surface area (Å²) >= 11 is 0. The van der Waals surface area contributed by atoms with Gasteiger partial charge in [-0.2, -0.15) is 0 Å². The number of halogens is 2. The van der Waals surface area contributed by atoms with Crippen LogP contribution in [0.4, 0.5) is 10.1 Å². The van der Waals surface area contributed by atoms with Crippen LogP contribution in [0.15, 0.2) is 29.8 Å². The molecule has 2 unspecified atom stereocenters. The van der Waals surface area contributed by atoms with Crippen molar-refractivity contribution in [1.29, 1.82) is 0 Å². The van der Waals surface area contributed by atoms with E-state index in [0.717, 1.165) is 30.5 Å². The van der Waals surface area contributed by atoms with Crippen molar-refractivity contribution in [2.24, 2.45) is 11.8 Å². The predicted molar refractivity (Wildman–Crippen MR) is 95.5 cm³/mol. The van der Waals surface area contributed by atoms with E-state index in [1.54, 1.807) is 6.07 Å². The Kier molecular flexibility index (Phi) is 4.09. The second-order valence-electron chi connectivity index (χ2n) is 7.02.